The van der Waals surface area contributed by atoms with Gasteiger partial charge in [-0.15, -0.1) is 0 Å². The van der Waals surface area contributed by atoms with E-state index in [1.807, 2.05) is 65.0 Å². The molecule has 0 aliphatic rings. The van der Waals surface area contributed by atoms with Gasteiger partial charge < -0.3 is 30.3 Å². The molecule has 266 valence electrons. The van der Waals surface area contributed by atoms with Crippen molar-refractivity contribution in [3.05, 3.63) is 54.4 Å². The Balaban J connectivity index is 0.000000500. The van der Waals surface area contributed by atoms with Crippen molar-refractivity contribution < 1.29 is 60.4 Å². The van der Waals surface area contributed by atoms with Crippen molar-refractivity contribution in [1.29, 1.82) is 0 Å². The third-order valence-corrected chi connectivity index (χ3v) is 5.43. The number of H-pyrrole nitrogens is 1. The number of fused-ring (bicyclic) bond motifs is 1. The molecule has 2 heterocycles. The number of carbonyl (C=O) groups excluding carboxylic acids is 1. The van der Waals surface area contributed by atoms with E-state index in [1.165, 1.54) is 0 Å². The van der Waals surface area contributed by atoms with E-state index in [-0.39, 0.29) is 18.1 Å². The van der Waals surface area contributed by atoms with Gasteiger partial charge >= 0.3 is 24.3 Å². The lowest BCUT2D eigenvalue weighted by Gasteiger charge is -2.20. The van der Waals surface area contributed by atoms with Crippen molar-refractivity contribution >= 4 is 40.3 Å². The van der Waals surface area contributed by atoms with E-state index < -0.39 is 24.3 Å². The Morgan fingerprint density at radius 3 is 2.04 bits per heavy atom. The predicted molar refractivity (Wildman–Crippen MR) is 164 cm³/mol. The molecule has 0 atom stereocenters. The molecule has 2 aromatic carbocycles. The fourth-order valence-corrected chi connectivity index (χ4v) is 3.63. The summed E-state index contributed by atoms with van der Waals surface area (Å²) in [4.78, 5) is 39.6. The van der Waals surface area contributed by atoms with Crippen LogP contribution in [0.5, 0.6) is 11.5 Å². The first kappa shape index (κ1) is 39.6. The third-order valence-electron chi connectivity index (χ3n) is 5.43. The molecule has 0 fully saturated rings. The average Bonchev–Trinajstić information content (AvgIpc) is 3.48. The molecule has 4 rings (SSSR count). The summed E-state index contributed by atoms with van der Waals surface area (Å²) in [5.41, 5.74) is 2.98. The highest BCUT2D eigenvalue weighted by atomic mass is 19.4. The minimum Gasteiger partial charge on any atom is -0.493 e. The SMILES string of the molecule is CCOc1cc(C)cc2nc(-c3cccc(OCC(=O)NC(C)(C)C)c3)nc(Nc3cn[nH]c3)c12.O=C(O)C(F)(F)F.O=C(O)C(F)(F)F. The molecule has 19 heteroatoms. The van der Waals surface area contributed by atoms with Crippen LogP contribution < -0.4 is 20.1 Å². The van der Waals surface area contributed by atoms with Gasteiger partial charge in [-0.2, -0.15) is 31.4 Å². The first-order valence-electron chi connectivity index (χ1n) is 14.0. The van der Waals surface area contributed by atoms with E-state index >= 15 is 0 Å². The average molecular weight is 703 g/mol. The zero-order chi connectivity index (χ0) is 37.2. The maximum atomic E-state index is 12.2. The summed E-state index contributed by atoms with van der Waals surface area (Å²) in [7, 11) is 0. The van der Waals surface area contributed by atoms with Crippen LogP contribution in [0.2, 0.25) is 0 Å². The van der Waals surface area contributed by atoms with Crippen LogP contribution in [0.25, 0.3) is 22.3 Å². The number of carbonyl (C=O) groups is 3. The van der Waals surface area contributed by atoms with Crippen molar-refractivity contribution in [2.24, 2.45) is 0 Å². The molecule has 0 aliphatic carbocycles. The number of halogens is 6. The van der Waals surface area contributed by atoms with Crippen LogP contribution in [0.4, 0.5) is 37.8 Å². The van der Waals surface area contributed by atoms with Crippen LogP contribution in [0, 0.1) is 6.92 Å². The number of aromatic amines is 1. The number of anilines is 2. The molecule has 49 heavy (non-hydrogen) atoms. The Morgan fingerprint density at radius 1 is 0.918 bits per heavy atom. The summed E-state index contributed by atoms with van der Waals surface area (Å²) in [6, 6.07) is 11.4. The Labute approximate surface area is 274 Å². The number of hydrogen-bond acceptors (Lipinski definition) is 9. The first-order chi connectivity index (χ1) is 22.6. The van der Waals surface area contributed by atoms with Gasteiger partial charge in [0.05, 0.1) is 29.4 Å². The molecule has 0 saturated heterocycles. The summed E-state index contributed by atoms with van der Waals surface area (Å²) in [5.74, 6) is -3.32. The Kier molecular flexibility index (Phi) is 13.3. The molecule has 1 amide bonds. The standard InChI is InChI=1S/C26H30N6O3.2C2HF3O2/c1-6-34-21-11-16(2)10-20-23(21)25(29-18-13-27-28-14-18)31-24(30-20)17-8-7-9-19(12-17)35-15-22(33)32-26(3,4)5;2*3-2(4,5)1(6)7/h7-14H,6,15H2,1-5H3,(H,27,28)(H,32,33)(H,29,30,31);2*(H,6,7). The molecular weight excluding hydrogens is 670 g/mol. The third kappa shape index (κ3) is 13.2. The van der Waals surface area contributed by atoms with Crippen LogP contribution in [0.3, 0.4) is 0 Å². The van der Waals surface area contributed by atoms with Gasteiger partial charge in [-0.3, -0.25) is 9.89 Å². The van der Waals surface area contributed by atoms with Gasteiger partial charge in [0, 0.05) is 17.3 Å². The van der Waals surface area contributed by atoms with E-state index in [2.05, 4.69) is 20.8 Å². The topological polar surface area (TPSA) is 189 Å². The van der Waals surface area contributed by atoms with Gasteiger partial charge in [0.2, 0.25) is 0 Å². The highest BCUT2D eigenvalue weighted by Crippen LogP contribution is 2.35. The molecule has 0 radical (unpaired) electrons. The number of hydrogen-bond donors (Lipinski definition) is 5. The monoisotopic (exact) mass is 702 g/mol. The van der Waals surface area contributed by atoms with E-state index in [1.54, 1.807) is 18.5 Å². The number of benzene rings is 2. The number of nitrogens with one attached hydrogen (secondary N) is 3. The van der Waals surface area contributed by atoms with Crippen LogP contribution in [0.1, 0.15) is 33.3 Å². The number of carboxylic acids is 2. The Morgan fingerprint density at radius 2 is 1.53 bits per heavy atom. The summed E-state index contributed by atoms with van der Waals surface area (Å²) in [6.45, 7) is 10.2. The van der Waals surface area contributed by atoms with Crippen molar-refractivity contribution in [2.45, 2.75) is 52.5 Å². The van der Waals surface area contributed by atoms with Gasteiger partial charge in [-0.05, 0) is 64.4 Å². The maximum absolute atomic E-state index is 12.2. The Hall–Kier alpha value is -5.62. The number of alkyl halides is 6. The van der Waals surface area contributed by atoms with Gasteiger partial charge in [-0.1, -0.05) is 12.1 Å². The minimum absolute atomic E-state index is 0.0799. The minimum atomic E-state index is -5.08. The molecule has 4 aromatic rings. The van der Waals surface area contributed by atoms with E-state index in [4.69, 9.17) is 39.2 Å². The highest BCUT2D eigenvalue weighted by Gasteiger charge is 2.38. The van der Waals surface area contributed by atoms with E-state index in [0.29, 0.717) is 29.7 Å². The zero-order valence-corrected chi connectivity index (χ0v) is 26.6. The molecule has 0 spiro atoms. The predicted octanol–water partition coefficient (Wildman–Crippen LogP) is 6.03. The smallest absolute Gasteiger partial charge is 0.490 e. The van der Waals surface area contributed by atoms with E-state index in [0.717, 1.165) is 27.7 Å². The first-order valence-corrected chi connectivity index (χ1v) is 14.0. The van der Waals surface area contributed by atoms with Crippen molar-refractivity contribution in [3.8, 4) is 22.9 Å². The lowest BCUT2D eigenvalue weighted by molar-refractivity contribution is -0.193. The number of rotatable bonds is 8. The number of nitrogens with zero attached hydrogens (tertiary/aromatic N) is 3. The fraction of sp³-hybridized carbons (Fsp3) is 0.333. The molecule has 2 aromatic heterocycles. The quantitative estimate of drug-likeness (QED) is 0.135. The van der Waals surface area contributed by atoms with Crippen LogP contribution in [-0.2, 0) is 14.4 Å². The number of amides is 1. The lowest BCUT2D eigenvalue weighted by atomic mass is 10.1. The molecule has 0 unspecified atom stereocenters. The van der Waals surface area contributed by atoms with Crippen molar-refractivity contribution in [3.63, 3.8) is 0 Å². The van der Waals surface area contributed by atoms with E-state index in [9.17, 15) is 31.1 Å². The highest BCUT2D eigenvalue weighted by molar-refractivity contribution is 5.97. The molecule has 0 bridgehead atoms. The lowest BCUT2D eigenvalue weighted by Crippen LogP contribution is -2.43. The number of aryl methyl sites for hydroxylation is 1. The number of aromatic nitrogens is 4. The molecule has 0 saturated carbocycles. The number of carboxylic acid groups (broad SMARTS) is 2. The fourth-order valence-electron chi connectivity index (χ4n) is 3.63. The maximum Gasteiger partial charge on any atom is 0.490 e. The molecular formula is C30H32F6N6O7. The molecule has 13 nitrogen and oxygen atoms in total. The van der Waals surface area contributed by atoms with Crippen LogP contribution >= 0.6 is 0 Å². The summed E-state index contributed by atoms with van der Waals surface area (Å²) >= 11 is 0. The van der Waals surface area contributed by atoms with Gasteiger partial charge in [0.1, 0.15) is 17.3 Å². The summed E-state index contributed by atoms with van der Waals surface area (Å²) in [5, 5.41) is 28.1. The summed E-state index contributed by atoms with van der Waals surface area (Å²) in [6.07, 6.45) is -6.74. The molecule has 0 aliphatic heterocycles. The summed E-state index contributed by atoms with van der Waals surface area (Å²) < 4.78 is 75.1. The number of aliphatic carboxylic acids is 2. The Bertz CT molecular complexity index is 1720. The largest absolute Gasteiger partial charge is 0.493 e. The van der Waals surface area contributed by atoms with Crippen LogP contribution in [0.15, 0.2) is 48.8 Å². The van der Waals surface area contributed by atoms with Gasteiger partial charge in [0.25, 0.3) is 5.91 Å². The second-order valence-electron chi connectivity index (χ2n) is 10.8. The molecule has 5 N–H and O–H groups in total. The zero-order valence-electron chi connectivity index (χ0n) is 26.6. The van der Waals surface area contributed by atoms with Crippen molar-refractivity contribution in [1.82, 2.24) is 25.5 Å². The van der Waals surface area contributed by atoms with Crippen molar-refractivity contribution in [2.75, 3.05) is 18.5 Å². The second kappa shape index (κ2) is 16.5. The number of ether oxygens (including phenoxy) is 2. The van der Waals surface area contributed by atoms with Gasteiger partial charge in [0.15, 0.2) is 12.4 Å². The van der Waals surface area contributed by atoms with Crippen LogP contribution in [-0.4, -0.2) is 79.3 Å². The normalized spacial score (nSPS) is 11.3. The van der Waals surface area contributed by atoms with Gasteiger partial charge in [-0.25, -0.2) is 19.6 Å². The second-order valence-corrected chi connectivity index (χ2v) is 10.8.